The summed E-state index contributed by atoms with van der Waals surface area (Å²) in [5, 5.41) is 0.372. The van der Waals surface area contributed by atoms with Gasteiger partial charge in [-0.15, -0.1) is 0 Å². The topological polar surface area (TPSA) is 66.6 Å². The first-order valence-corrected chi connectivity index (χ1v) is 8.54. The highest BCUT2D eigenvalue weighted by atomic mass is 35.5. The molecular weight excluding hydrogens is 298 g/mol. The number of hydrogen-bond donors (Lipinski definition) is 1. The summed E-state index contributed by atoms with van der Waals surface area (Å²) in [5.74, 6) is 0. The molecular formula is C13H20ClN3O2S. The number of piperazine rings is 1. The van der Waals surface area contributed by atoms with Crippen LogP contribution in [0.3, 0.4) is 0 Å². The van der Waals surface area contributed by atoms with E-state index in [0.717, 1.165) is 26.1 Å². The zero-order valence-corrected chi connectivity index (χ0v) is 13.1. The lowest BCUT2D eigenvalue weighted by Crippen LogP contribution is -2.48. The summed E-state index contributed by atoms with van der Waals surface area (Å²) in [7, 11) is -3.47. The number of hydrogen-bond acceptors (Lipinski definition) is 4. The third-order valence-corrected chi connectivity index (χ3v) is 5.72. The van der Waals surface area contributed by atoms with E-state index in [1.54, 1.807) is 0 Å². The Morgan fingerprint density at radius 3 is 2.45 bits per heavy atom. The summed E-state index contributed by atoms with van der Waals surface area (Å²) in [6.07, 6.45) is 1.08. The van der Waals surface area contributed by atoms with Crippen molar-refractivity contribution < 1.29 is 8.42 Å². The normalized spacial score (nSPS) is 18.3. The van der Waals surface area contributed by atoms with Gasteiger partial charge in [0.05, 0.1) is 15.6 Å². The van der Waals surface area contributed by atoms with E-state index < -0.39 is 10.0 Å². The first-order valence-electron chi connectivity index (χ1n) is 6.72. The van der Waals surface area contributed by atoms with E-state index in [4.69, 9.17) is 17.3 Å². The summed E-state index contributed by atoms with van der Waals surface area (Å²) in [6.45, 7) is 5.73. The summed E-state index contributed by atoms with van der Waals surface area (Å²) in [4.78, 5) is 2.49. The Morgan fingerprint density at radius 1 is 1.25 bits per heavy atom. The van der Waals surface area contributed by atoms with Crippen LogP contribution in [-0.2, 0) is 10.0 Å². The standard InChI is InChI=1S/C13H20ClN3O2S/c1-2-5-16-6-8-17(9-7-16)20(18,19)11-3-4-12(14)13(15)10-11/h3-4,10H,2,5-9,15H2,1H3. The average Bonchev–Trinajstić information content (AvgIpc) is 2.43. The van der Waals surface area contributed by atoms with Gasteiger partial charge in [-0.2, -0.15) is 4.31 Å². The van der Waals surface area contributed by atoms with Crippen LogP contribution in [0.5, 0.6) is 0 Å². The molecule has 0 aromatic heterocycles. The maximum atomic E-state index is 12.5. The van der Waals surface area contributed by atoms with Crippen LogP contribution < -0.4 is 5.73 Å². The highest BCUT2D eigenvalue weighted by Gasteiger charge is 2.28. The maximum absolute atomic E-state index is 12.5. The fraction of sp³-hybridized carbons (Fsp3) is 0.538. The number of anilines is 1. The van der Waals surface area contributed by atoms with Gasteiger partial charge in [0, 0.05) is 26.2 Å². The summed E-state index contributed by atoms with van der Waals surface area (Å²) < 4.78 is 26.6. The molecule has 1 aliphatic heterocycles. The molecule has 5 nitrogen and oxygen atoms in total. The highest BCUT2D eigenvalue weighted by Crippen LogP contribution is 2.25. The molecule has 0 radical (unpaired) electrons. The molecule has 112 valence electrons. The Kier molecular flexibility index (Phi) is 4.90. The lowest BCUT2D eigenvalue weighted by Gasteiger charge is -2.33. The summed E-state index contributed by atoms with van der Waals surface area (Å²) in [5.41, 5.74) is 5.97. The Morgan fingerprint density at radius 2 is 1.90 bits per heavy atom. The molecule has 1 aromatic carbocycles. The minimum atomic E-state index is -3.47. The Balaban J connectivity index is 2.13. The minimum Gasteiger partial charge on any atom is -0.397 e. The largest absolute Gasteiger partial charge is 0.397 e. The van der Waals surface area contributed by atoms with Crippen LogP contribution in [0.15, 0.2) is 23.1 Å². The molecule has 2 N–H and O–H groups in total. The second kappa shape index (κ2) is 6.30. The van der Waals surface area contributed by atoms with Crippen LogP contribution in [0.4, 0.5) is 5.69 Å². The molecule has 1 aromatic rings. The molecule has 2 rings (SSSR count). The smallest absolute Gasteiger partial charge is 0.243 e. The van der Waals surface area contributed by atoms with Crippen LogP contribution in [-0.4, -0.2) is 50.3 Å². The lowest BCUT2D eigenvalue weighted by molar-refractivity contribution is 0.188. The van der Waals surface area contributed by atoms with Gasteiger partial charge in [-0.1, -0.05) is 18.5 Å². The van der Waals surface area contributed by atoms with Gasteiger partial charge in [0.1, 0.15) is 0 Å². The van der Waals surface area contributed by atoms with E-state index in [0.29, 0.717) is 18.1 Å². The molecule has 0 saturated carbocycles. The zero-order chi connectivity index (χ0) is 14.8. The van der Waals surface area contributed by atoms with Crippen molar-refractivity contribution in [1.82, 2.24) is 9.21 Å². The number of nitrogens with two attached hydrogens (primary N) is 1. The van der Waals surface area contributed by atoms with E-state index in [-0.39, 0.29) is 10.6 Å². The molecule has 7 heteroatoms. The Hall–Kier alpha value is -0.820. The number of sulfonamides is 1. The minimum absolute atomic E-state index is 0.211. The highest BCUT2D eigenvalue weighted by molar-refractivity contribution is 7.89. The van der Waals surface area contributed by atoms with Crippen molar-refractivity contribution in [3.05, 3.63) is 23.2 Å². The predicted octanol–water partition coefficient (Wildman–Crippen LogP) is 1.64. The fourth-order valence-corrected chi connectivity index (χ4v) is 3.92. The number of rotatable bonds is 4. The van der Waals surface area contributed by atoms with Crippen molar-refractivity contribution in [2.75, 3.05) is 38.5 Å². The molecule has 0 bridgehead atoms. The third kappa shape index (κ3) is 3.25. The predicted molar refractivity (Wildman–Crippen MR) is 81.4 cm³/mol. The maximum Gasteiger partial charge on any atom is 0.243 e. The molecule has 20 heavy (non-hydrogen) atoms. The van der Waals surface area contributed by atoms with Crippen molar-refractivity contribution >= 4 is 27.3 Å². The van der Waals surface area contributed by atoms with Gasteiger partial charge in [0.15, 0.2) is 0 Å². The quantitative estimate of drug-likeness (QED) is 0.857. The first kappa shape index (κ1) is 15.6. The van der Waals surface area contributed by atoms with E-state index in [1.165, 1.54) is 22.5 Å². The van der Waals surface area contributed by atoms with Crippen molar-refractivity contribution in [3.63, 3.8) is 0 Å². The van der Waals surface area contributed by atoms with Gasteiger partial charge in [0.2, 0.25) is 10.0 Å². The first-order chi connectivity index (χ1) is 9.45. The Labute approximate surface area is 125 Å². The molecule has 0 amide bonds. The number of benzene rings is 1. The average molecular weight is 318 g/mol. The van der Waals surface area contributed by atoms with Gasteiger partial charge in [-0.05, 0) is 31.2 Å². The third-order valence-electron chi connectivity index (χ3n) is 3.48. The number of nitrogen functional groups attached to an aromatic ring is 1. The van der Waals surface area contributed by atoms with Gasteiger partial charge < -0.3 is 10.6 Å². The van der Waals surface area contributed by atoms with E-state index in [9.17, 15) is 8.42 Å². The molecule has 1 fully saturated rings. The zero-order valence-electron chi connectivity index (χ0n) is 11.5. The van der Waals surface area contributed by atoms with E-state index in [2.05, 4.69) is 11.8 Å². The van der Waals surface area contributed by atoms with Crippen LogP contribution in [0.2, 0.25) is 5.02 Å². The molecule has 1 heterocycles. The van der Waals surface area contributed by atoms with Gasteiger partial charge in [0.25, 0.3) is 0 Å². The second-order valence-electron chi connectivity index (χ2n) is 4.93. The van der Waals surface area contributed by atoms with Gasteiger partial charge in [-0.3, -0.25) is 0 Å². The van der Waals surface area contributed by atoms with Crippen LogP contribution in [0, 0.1) is 0 Å². The summed E-state index contributed by atoms with van der Waals surface area (Å²) in [6, 6.07) is 4.46. The molecule has 0 unspecified atom stereocenters. The van der Waals surface area contributed by atoms with Gasteiger partial charge in [-0.25, -0.2) is 8.42 Å². The monoisotopic (exact) mass is 317 g/mol. The molecule has 0 atom stereocenters. The van der Waals surface area contributed by atoms with Crippen LogP contribution in [0.1, 0.15) is 13.3 Å². The fourth-order valence-electron chi connectivity index (χ4n) is 2.34. The van der Waals surface area contributed by atoms with E-state index >= 15 is 0 Å². The SMILES string of the molecule is CCCN1CCN(S(=O)(=O)c2ccc(Cl)c(N)c2)CC1. The number of halogens is 1. The summed E-state index contributed by atoms with van der Waals surface area (Å²) >= 11 is 5.83. The molecule has 1 saturated heterocycles. The van der Waals surface area contributed by atoms with Crippen molar-refractivity contribution in [2.24, 2.45) is 0 Å². The van der Waals surface area contributed by atoms with Crippen LogP contribution in [0.25, 0.3) is 0 Å². The molecule has 0 spiro atoms. The molecule has 0 aliphatic carbocycles. The Bertz CT molecular complexity index is 569. The van der Waals surface area contributed by atoms with Crippen molar-refractivity contribution in [1.29, 1.82) is 0 Å². The number of nitrogens with zero attached hydrogens (tertiary/aromatic N) is 2. The van der Waals surface area contributed by atoms with Crippen molar-refractivity contribution in [3.8, 4) is 0 Å². The second-order valence-corrected chi connectivity index (χ2v) is 7.27. The lowest BCUT2D eigenvalue weighted by atomic mass is 10.3. The van der Waals surface area contributed by atoms with E-state index in [1.807, 2.05) is 0 Å². The van der Waals surface area contributed by atoms with Gasteiger partial charge >= 0.3 is 0 Å². The van der Waals surface area contributed by atoms with Crippen molar-refractivity contribution in [2.45, 2.75) is 18.2 Å². The van der Waals surface area contributed by atoms with Crippen LogP contribution >= 0.6 is 11.6 Å². The molecule has 1 aliphatic rings.